The van der Waals surface area contributed by atoms with Gasteiger partial charge in [-0.15, -0.1) is 0 Å². The molecule has 0 amide bonds. The smallest absolute Gasteiger partial charge is 0.166 e. The normalized spacial score (nSPS) is 32.8. The summed E-state index contributed by atoms with van der Waals surface area (Å²) in [6, 6.07) is 14.4. The van der Waals surface area contributed by atoms with Gasteiger partial charge in [0.2, 0.25) is 0 Å². The van der Waals surface area contributed by atoms with Gasteiger partial charge < -0.3 is 19.9 Å². The van der Waals surface area contributed by atoms with Crippen LogP contribution in [0, 0.1) is 12.8 Å². The molecule has 0 radical (unpaired) electrons. The second kappa shape index (κ2) is 6.27. The number of nitrogens with zero attached hydrogens (tertiary/aromatic N) is 1. The first-order valence-corrected chi connectivity index (χ1v) is 12.8. The topological polar surface area (TPSA) is 68.7 Å². The van der Waals surface area contributed by atoms with Gasteiger partial charge in [0.1, 0.15) is 0 Å². The Bertz CT molecular complexity index is 1340. The zero-order valence-corrected chi connectivity index (χ0v) is 19.5. The van der Waals surface area contributed by atoms with E-state index in [9.17, 15) is 10.2 Å². The number of aromatic amines is 1. The quantitative estimate of drug-likeness (QED) is 0.549. The number of fused-ring (bicyclic) bond motifs is 2. The van der Waals surface area contributed by atoms with E-state index in [0.29, 0.717) is 12.2 Å². The second-order valence-corrected chi connectivity index (χ2v) is 11.3. The molecule has 3 aliphatic carbocycles. The number of H-pyrrole nitrogens is 1. The van der Waals surface area contributed by atoms with Gasteiger partial charge in [0.25, 0.3) is 0 Å². The van der Waals surface area contributed by atoms with E-state index in [1.807, 2.05) is 6.07 Å². The highest BCUT2D eigenvalue weighted by molar-refractivity contribution is 5.75. The van der Waals surface area contributed by atoms with Gasteiger partial charge in [0.05, 0.1) is 16.7 Å². The first kappa shape index (κ1) is 19.5. The van der Waals surface area contributed by atoms with E-state index in [1.165, 1.54) is 35.1 Å². The monoisotopic (exact) mass is 454 g/mol. The van der Waals surface area contributed by atoms with Crippen molar-refractivity contribution < 1.29 is 14.9 Å². The lowest BCUT2D eigenvalue weighted by Gasteiger charge is -2.62. The summed E-state index contributed by atoms with van der Waals surface area (Å²) in [5.41, 5.74) is 6.58. The lowest BCUT2D eigenvalue weighted by atomic mass is 9.49. The van der Waals surface area contributed by atoms with Crippen molar-refractivity contribution in [2.24, 2.45) is 5.92 Å². The second-order valence-electron chi connectivity index (χ2n) is 11.3. The Balaban J connectivity index is 1.39. The number of phenolic OH excluding ortho intramolecular Hbond substituents is 1. The third-order valence-electron chi connectivity index (χ3n) is 9.61. The Morgan fingerprint density at radius 3 is 2.76 bits per heavy atom. The Morgan fingerprint density at radius 2 is 1.97 bits per heavy atom. The number of phenols is 1. The van der Waals surface area contributed by atoms with Crippen LogP contribution < -0.4 is 4.74 Å². The molecule has 174 valence electrons. The van der Waals surface area contributed by atoms with E-state index in [2.05, 4.69) is 47.1 Å². The van der Waals surface area contributed by atoms with E-state index in [0.717, 1.165) is 48.8 Å². The lowest BCUT2D eigenvalue weighted by molar-refractivity contribution is -0.173. The van der Waals surface area contributed by atoms with Gasteiger partial charge in [-0.05, 0) is 67.8 Å². The van der Waals surface area contributed by atoms with E-state index < -0.39 is 11.0 Å². The number of hydrogen-bond acceptors (Lipinski definition) is 4. The Labute approximate surface area is 199 Å². The number of benzene rings is 2. The molecule has 1 saturated carbocycles. The maximum Gasteiger partial charge on any atom is 0.166 e. The molecule has 5 heteroatoms. The lowest BCUT2D eigenvalue weighted by Crippen LogP contribution is -2.74. The summed E-state index contributed by atoms with van der Waals surface area (Å²) >= 11 is 0. The Hall–Kier alpha value is -2.76. The van der Waals surface area contributed by atoms with Crippen molar-refractivity contribution in [3.05, 3.63) is 70.5 Å². The zero-order valence-electron chi connectivity index (χ0n) is 19.5. The van der Waals surface area contributed by atoms with Crippen LogP contribution in [0.1, 0.15) is 53.4 Å². The number of rotatable bonds is 3. The summed E-state index contributed by atoms with van der Waals surface area (Å²) < 4.78 is 6.67. The maximum absolute atomic E-state index is 12.9. The van der Waals surface area contributed by atoms with Crippen molar-refractivity contribution >= 4 is 0 Å². The molecule has 3 heterocycles. The van der Waals surface area contributed by atoms with Gasteiger partial charge in [-0.2, -0.15) is 0 Å². The van der Waals surface area contributed by atoms with Crippen molar-refractivity contribution in [2.75, 3.05) is 13.1 Å². The summed E-state index contributed by atoms with van der Waals surface area (Å²) in [6.45, 7) is 4.18. The molecule has 2 aliphatic heterocycles. The highest BCUT2D eigenvalue weighted by Crippen LogP contribution is 2.69. The van der Waals surface area contributed by atoms with Gasteiger partial charge in [-0.25, -0.2) is 0 Å². The number of hydrogen-bond donors (Lipinski definition) is 3. The molecule has 0 unspecified atom stereocenters. The predicted molar refractivity (Wildman–Crippen MR) is 129 cm³/mol. The van der Waals surface area contributed by atoms with Crippen molar-refractivity contribution in [2.45, 2.75) is 62.2 Å². The van der Waals surface area contributed by atoms with Gasteiger partial charge >= 0.3 is 0 Å². The number of aromatic nitrogens is 1. The maximum atomic E-state index is 12.9. The van der Waals surface area contributed by atoms with E-state index in [-0.39, 0.29) is 17.9 Å². The molecule has 1 spiro atoms. The number of aromatic hydroxyl groups is 1. The van der Waals surface area contributed by atoms with Crippen LogP contribution in [0.4, 0.5) is 0 Å². The van der Waals surface area contributed by atoms with Gasteiger partial charge in [-0.3, -0.25) is 4.90 Å². The molecule has 34 heavy (non-hydrogen) atoms. The van der Waals surface area contributed by atoms with Crippen molar-refractivity contribution in [3.63, 3.8) is 0 Å². The highest BCUT2D eigenvalue weighted by atomic mass is 16.5. The molecular formula is C29H30N2O3. The van der Waals surface area contributed by atoms with Crippen LogP contribution in [-0.2, 0) is 18.3 Å². The van der Waals surface area contributed by atoms with Crippen LogP contribution in [0.3, 0.4) is 0 Å². The van der Waals surface area contributed by atoms with Gasteiger partial charge in [-0.1, -0.05) is 36.4 Å². The molecule has 1 saturated heterocycles. The third-order valence-corrected chi connectivity index (χ3v) is 9.61. The number of likely N-dealkylation sites (tertiary alicyclic amines) is 1. The summed E-state index contributed by atoms with van der Waals surface area (Å²) in [5.74, 6) is 1.56. The highest BCUT2D eigenvalue weighted by Gasteiger charge is 2.73. The van der Waals surface area contributed by atoms with Crippen LogP contribution in [0.5, 0.6) is 11.5 Å². The average Bonchev–Trinajstić information content (AvgIpc) is 3.48. The SMILES string of the molecule is Cc1[nH]c2c(c1-c1ccccc1)C[C@@]1(O)[C@@H]3Cc4ccc(O)c5c4[C@@]1(CCN3CC1CC1)[C@H]2O5. The standard InChI is InChI=1S/C29H30N2O3/c1-16-23(18-5-3-2-4-6-18)20-14-29(33)22-13-19-9-10-21(32)26-24(19)28(29,27(34-26)25(20)30-16)11-12-31(22)15-17-7-8-17/h2-6,9-10,17,22,27,30,32-33H,7-8,11-15H2,1H3/t22-,27-,28-,29+/m0/s1. The molecule has 2 bridgehead atoms. The van der Waals surface area contributed by atoms with Gasteiger partial charge in [0.15, 0.2) is 17.6 Å². The number of aryl methyl sites for hydroxylation is 1. The molecule has 5 nitrogen and oxygen atoms in total. The fraction of sp³-hybridized carbons (Fsp3) is 0.448. The molecule has 2 fully saturated rings. The molecule has 4 atom stereocenters. The third kappa shape index (κ3) is 2.19. The molecule has 3 N–H and O–H groups in total. The summed E-state index contributed by atoms with van der Waals surface area (Å²) in [6.07, 6.45) is 4.57. The van der Waals surface area contributed by atoms with Crippen molar-refractivity contribution in [3.8, 4) is 22.6 Å². The van der Waals surface area contributed by atoms with E-state index >= 15 is 0 Å². The molecule has 3 aromatic rings. The average molecular weight is 455 g/mol. The first-order valence-electron chi connectivity index (χ1n) is 12.8. The minimum absolute atomic E-state index is 0.0583. The minimum atomic E-state index is -0.942. The van der Waals surface area contributed by atoms with Crippen LogP contribution in [0.15, 0.2) is 42.5 Å². The number of aliphatic hydroxyl groups is 1. The van der Waals surface area contributed by atoms with Crippen molar-refractivity contribution in [1.29, 1.82) is 0 Å². The zero-order chi connectivity index (χ0) is 22.8. The predicted octanol–water partition coefficient (Wildman–Crippen LogP) is 4.39. The van der Waals surface area contributed by atoms with Gasteiger partial charge in [0, 0.05) is 35.8 Å². The fourth-order valence-corrected chi connectivity index (χ4v) is 8.04. The molecule has 5 aliphatic rings. The van der Waals surface area contributed by atoms with Crippen LogP contribution in [0.2, 0.25) is 0 Å². The number of piperidine rings is 1. The largest absolute Gasteiger partial charge is 0.504 e. The van der Waals surface area contributed by atoms with Crippen LogP contribution >= 0.6 is 0 Å². The van der Waals surface area contributed by atoms with Crippen LogP contribution in [0.25, 0.3) is 11.1 Å². The Morgan fingerprint density at radius 1 is 1.15 bits per heavy atom. The molecular weight excluding hydrogens is 424 g/mol. The minimum Gasteiger partial charge on any atom is -0.504 e. The first-order chi connectivity index (χ1) is 16.5. The number of ether oxygens (including phenoxy) is 1. The fourth-order valence-electron chi connectivity index (χ4n) is 8.04. The summed E-state index contributed by atoms with van der Waals surface area (Å²) in [4.78, 5) is 6.27. The van der Waals surface area contributed by atoms with E-state index in [4.69, 9.17) is 4.74 Å². The van der Waals surface area contributed by atoms with Crippen molar-refractivity contribution in [1.82, 2.24) is 9.88 Å². The van der Waals surface area contributed by atoms with Crippen LogP contribution in [-0.4, -0.2) is 44.8 Å². The Kier molecular flexibility index (Phi) is 3.60. The molecule has 2 aromatic carbocycles. The summed E-state index contributed by atoms with van der Waals surface area (Å²) in [5, 5.41) is 23.7. The molecule has 1 aromatic heterocycles. The summed E-state index contributed by atoms with van der Waals surface area (Å²) in [7, 11) is 0. The number of nitrogens with one attached hydrogen (secondary N) is 1. The molecule has 8 rings (SSSR count). The van der Waals surface area contributed by atoms with E-state index in [1.54, 1.807) is 6.07 Å².